The van der Waals surface area contributed by atoms with E-state index in [-0.39, 0.29) is 47.8 Å². The molecule has 0 aliphatic rings. The molecule has 13 heteroatoms. The number of rotatable bonds is 7. The molecule has 0 saturated heterocycles. The van der Waals surface area contributed by atoms with Crippen LogP contribution in [-0.2, 0) is 19.3 Å². The van der Waals surface area contributed by atoms with Gasteiger partial charge in [0.1, 0.15) is 10.8 Å². The van der Waals surface area contributed by atoms with E-state index in [0.29, 0.717) is 12.5 Å². The molecule has 5 nitrogen and oxygen atoms in total. The maximum absolute atomic E-state index is 12.6. The van der Waals surface area contributed by atoms with Crippen LogP contribution in [0.1, 0.15) is 23.2 Å². The van der Waals surface area contributed by atoms with Gasteiger partial charge in [0, 0.05) is 11.9 Å². The van der Waals surface area contributed by atoms with Crippen molar-refractivity contribution in [2.45, 2.75) is 32.4 Å². The minimum absolute atomic E-state index is 0. The van der Waals surface area contributed by atoms with Crippen molar-refractivity contribution in [3.05, 3.63) is 45.9 Å². The summed E-state index contributed by atoms with van der Waals surface area (Å²) < 4.78 is 78.8. The quantitative estimate of drug-likeness (QED) is 0.214. The van der Waals surface area contributed by atoms with Crippen molar-refractivity contribution < 1.29 is 31.1 Å². The first kappa shape index (κ1) is 26.3. The molecule has 30 heavy (non-hydrogen) atoms. The molecular weight excluding hydrogens is 549 g/mol. The highest BCUT2D eigenvalue weighted by atomic mass is 127. The number of halogens is 7. The van der Waals surface area contributed by atoms with Gasteiger partial charge in [-0.2, -0.15) is 26.3 Å². The molecule has 1 aromatic heterocycles. The summed E-state index contributed by atoms with van der Waals surface area (Å²) in [6.07, 6.45) is -8.89. The Hall–Kier alpha value is -1.77. The maximum atomic E-state index is 12.6. The fourth-order valence-corrected chi connectivity index (χ4v) is 2.79. The van der Waals surface area contributed by atoms with Crippen LogP contribution >= 0.6 is 35.3 Å². The monoisotopic (exact) mass is 568 g/mol. The number of hydrogen-bond acceptors (Lipinski definition) is 4. The van der Waals surface area contributed by atoms with Gasteiger partial charge in [0.15, 0.2) is 18.3 Å². The highest BCUT2D eigenvalue weighted by molar-refractivity contribution is 14.0. The minimum atomic E-state index is -4.48. The molecule has 0 saturated carbocycles. The van der Waals surface area contributed by atoms with Gasteiger partial charge in [-0.05, 0) is 24.6 Å². The van der Waals surface area contributed by atoms with E-state index < -0.39 is 24.7 Å². The predicted octanol–water partition coefficient (Wildman–Crippen LogP) is 4.98. The zero-order chi connectivity index (χ0) is 21.5. The summed E-state index contributed by atoms with van der Waals surface area (Å²) in [4.78, 5) is 7.83. The lowest BCUT2D eigenvalue weighted by Gasteiger charge is -2.11. The number of benzene rings is 1. The molecule has 0 bridgehead atoms. The van der Waals surface area contributed by atoms with E-state index in [0.717, 1.165) is 22.3 Å². The Morgan fingerprint density at radius 1 is 1.10 bits per heavy atom. The first-order chi connectivity index (χ1) is 13.6. The standard InChI is InChI=1S/C17H18F6N4OS.HI/c1-2-24-15(26-8-14-27-13(9-29-14)17(21,22)23)25-7-11-3-5-12(6-4-11)28-10-16(18,19)20;/h3-6,9H,2,7-8,10H2,1H3,(H2,24,25,26);1H. The number of nitrogens with one attached hydrogen (secondary N) is 2. The molecule has 0 unspecified atom stereocenters. The third kappa shape index (κ3) is 9.36. The van der Waals surface area contributed by atoms with Crippen molar-refractivity contribution >= 4 is 41.3 Å². The molecule has 1 aromatic carbocycles. The second-order valence-electron chi connectivity index (χ2n) is 5.72. The smallest absolute Gasteiger partial charge is 0.434 e. The number of guanidine groups is 1. The van der Waals surface area contributed by atoms with Gasteiger partial charge in [0.05, 0.1) is 13.1 Å². The Kier molecular flexibility index (Phi) is 10.1. The average molecular weight is 568 g/mol. The molecule has 0 radical (unpaired) electrons. The fourth-order valence-electron chi connectivity index (χ4n) is 2.05. The van der Waals surface area contributed by atoms with Crippen molar-refractivity contribution in [3.8, 4) is 5.75 Å². The van der Waals surface area contributed by atoms with Crippen LogP contribution in [0.4, 0.5) is 26.3 Å². The van der Waals surface area contributed by atoms with Gasteiger partial charge in [0.25, 0.3) is 0 Å². The van der Waals surface area contributed by atoms with Gasteiger partial charge in [-0.15, -0.1) is 35.3 Å². The molecule has 168 valence electrons. The lowest BCUT2D eigenvalue weighted by molar-refractivity contribution is -0.153. The van der Waals surface area contributed by atoms with Crippen LogP contribution < -0.4 is 15.4 Å². The van der Waals surface area contributed by atoms with Crippen LogP contribution in [0.2, 0.25) is 0 Å². The summed E-state index contributed by atoms with van der Waals surface area (Å²) in [5, 5.41) is 7.05. The lowest BCUT2D eigenvalue weighted by atomic mass is 10.2. The van der Waals surface area contributed by atoms with E-state index in [9.17, 15) is 26.3 Å². The van der Waals surface area contributed by atoms with E-state index in [4.69, 9.17) is 0 Å². The van der Waals surface area contributed by atoms with Gasteiger partial charge >= 0.3 is 12.4 Å². The second-order valence-corrected chi connectivity index (χ2v) is 6.66. The average Bonchev–Trinajstić information content (AvgIpc) is 3.12. The maximum Gasteiger partial charge on any atom is 0.434 e. The highest BCUT2D eigenvalue weighted by Crippen LogP contribution is 2.29. The first-order valence-corrected chi connectivity index (χ1v) is 9.27. The Morgan fingerprint density at radius 3 is 2.30 bits per heavy atom. The first-order valence-electron chi connectivity index (χ1n) is 8.39. The van der Waals surface area contributed by atoms with Crippen LogP contribution in [0, 0.1) is 0 Å². The number of nitrogens with zero attached hydrogens (tertiary/aromatic N) is 2. The van der Waals surface area contributed by atoms with Gasteiger partial charge in [-0.25, -0.2) is 9.98 Å². The van der Waals surface area contributed by atoms with E-state index in [2.05, 4.69) is 25.3 Å². The van der Waals surface area contributed by atoms with Crippen molar-refractivity contribution in [2.24, 2.45) is 4.99 Å². The number of ether oxygens (including phenoxy) is 1. The van der Waals surface area contributed by atoms with Gasteiger partial charge in [0.2, 0.25) is 0 Å². The molecule has 2 N–H and O–H groups in total. The molecular formula is C17H19F6IN4OS. The van der Waals surface area contributed by atoms with Crippen LogP contribution in [0.5, 0.6) is 5.75 Å². The van der Waals surface area contributed by atoms with Gasteiger partial charge < -0.3 is 15.4 Å². The Labute approximate surface area is 190 Å². The number of hydrogen-bond donors (Lipinski definition) is 2. The van der Waals surface area contributed by atoms with E-state index in [1.807, 2.05) is 6.92 Å². The summed E-state index contributed by atoms with van der Waals surface area (Å²) in [6, 6.07) is 5.97. The summed E-state index contributed by atoms with van der Waals surface area (Å²) in [6.45, 7) is 1.26. The van der Waals surface area contributed by atoms with Crippen molar-refractivity contribution in [1.29, 1.82) is 0 Å². The summed E-state index contributed by atoms with van der Waals surface area (Å²) in [5.74, 6) is 0.456. The van der Waals surface area contributed by atoms with Crippen LogP contribution in [0.25, 0.3) is 0 Å². The van der Waals surface area contributed by atoms with Gasteiger partial charge in [-0.3, -0.25) is 0 Å². The lowest BCUT2D eigenvalue weighted by Crippen LogP contribution is -2.36. The SMILES string of the molecule is CCNC(=NCc1ccc(OCC(F)(F)F)cc1)NCc1nc(C(F)(F)F)cs1.I. The van der Waals surface area contributed by atoms with Crippen LogP contribution in [-0.4, -0.2) is 30.3 Å². The van der Waals surface area contributed by atoms with Crippen molar-refractivity contribution in [2.75, 3.05) is 13.2 Å². The third-order valence-corrected chi connectivity index (χ3v) is 4.19. The molecule has 2 aromatic rings. The van der Waals surface area contributed by atoms with E-state index in [1.54, 1.807) is 12.1 Å². The second kappa shape index (κ2) is 11.6. The van der Waals surface area contributed by atoms with Crippen LogP contribution in [0.3, 0.4) is 0 Å². The molecule has 1 heterocycles. The molecule has 0 atom stereocenters. The van der Waals surface area contributed by atoms with E-state index >= 15 is 0 Å². The normalized spacial score (nSPS) is 12.3. The zero-order valence-corrected chi connectivity index (χ0v) is 18.7. The Bertz CT molecular complexity index is 808. The highest BCUT2D eigenvalue weighted by Gasteiger charge is 2.33. The molecule has 0 spiro atoms. The molecule has 0 aliphatic carbocycles. The van der Waals surface area contributed by atoms with Crippen LogP contribution in [0.15, 0.2) is 34.6 Å². The van der Waals surface area contributed by atoms with Crippen molar-refractivity contribution in [1.82, 2.24) is 15.6 Å². The number of thiazole rings is 1. The zero-order valence-electron chi connectivity index (χ0n) is 15.6. The molecule has 0 fully saturated rings. The van der Waals surface area contributed by atoms with E-state index in [1.165, 1.54) is 12.1 Å². The molecule has 2 rings (SSSR count). The predicted molar refractivity (Wildman–Crippen MR) is 112 cm³/mol. The topological polar surface area (TPSA) is 58.5 Å². The minimum Gasteiger partial charge on any atom is -0.484 e. The summed E-state index contributed by atoms with van der Waals surface area (Å²) >= 11 is 0.888. The number of aliphatic imine (C=N–C) groups is 1. The Morgan fingerprint density at radius 2 is 1.77 bits per heavy atom. The van der Waals surface area contributed by atoms with Gasteiger partial charge in [-0.1, -0.05) is 12.1 Å². The number of aromatic nitrogens is 1. The molecule has 0 amide bonds. The third-order valence-electron chi connectivity index (χ3n) is 3.34. The van der Waals surface area contributed by atoms with Crippen molar-refractivity contribution in [3.63, 3.8) is 0 Å². The fraction of sp³-hybridized carbons (Fsp3) is 0.412. The Balaban J connectivity index is 0.00000450. The summed E-state index contributed by atoms with van der Waals surface area (Å²) in [7, 11) is 0. The number of alkyl halides is 6. The largest absolute Gasteiger partial charge is 0.484 e. The summed E-state index contributed by atoms with van der Waals surface area (Å²) in [5.41, 5.74) is -0.218. The molecule has 0 aliphatic heterocycles.